The van der Waals surface area contributed by atoms with Gasteiger partial charge in [-0.3, -0.25) is 4.79 Å². The van der Waals surface area contributed by atoms with Gasteiger partial charge >= 0.3 is 11.9 Å². The Hall–Kier alpha value is -1.43. The Morgan fingerprint density at radius 1 is 1.29 bits per heavy atom. The van der Waals surface area contributed by atoms with Gasteiger partial charge in [0, 0.05) is 13.5 Å². The predicted molar refractivity (Wildman–Crippen MR) is 58.5 cm³/mol. The fraction of sp³-hybridized carbons (Fsp3) is 0.727. The highest BCUT2D eigenvalue weighted by atomic mass is 16.6. The topological polar surface area (TPSA) is 89.9 Å². The Labute approximate surface area is 99.9 Å². The molecule has 0 heterocycles. The Kier molecular flexibility index (Phi) is 7.13. The van der Waals surface area contributed by atoms with Crippen LogP contribution in [0.1, 0.15) is 33.1 Å². The number of esters is 1. The van der Waals surface area contributed by atoms with Crippen LogP contribution in [0.2, 0.25) is 0 Å². The van der Waals surface area contributed by atoms with E-state index >= 15 is 0 Å². The van der Waals surface area contributed by atoms with E-state index in [1.165, 1.54) is 21.0 Å². The Morgan fingerprint density at radius 2 is 1.88 bits per heavy atom. The van der Waals surface area contributed by atoms with E-state index in [0.29, 0.717) is 0 Å². The van der Waals surface area contributed by atoms with Crippen molar-refractivity contribution in [3.8, 4) is 0 Å². The zero-order chi connectivity index (χ0) is 13.4. The number of hydrogen-bond acceptors (Lipinski definition) is 5. The SMILES string of the molecule is COC(C)C(=O)OC(CCC(C)=O)CC(=O)O. The molecule has 0 radical (unpaired) electrons. The third-order valence-electron chi connectivity index (χ3n) is 2.19. The van der Waals surface area contributed by atoms with Gasteiger partial charge in [-0.2, -0.15) is 0 Å². The van der Waals surface area contributed by atoms with Crippen molar-refractivity contribution in [2.75, 3.05) is 7.11 Å². The lowest BCUT2D eigenvalue weighted by molar-refractivity contribution is -0.162. The zero-order valence-electron chi connectivity index (χ0n) is 10.3. The number of aliphatic carboxylic acids is 1. The molecule has 0 aliphatic heterocycles. The largest absolute Gasteiger partial charge is 0.481 e. The molecule has 1 N–H and O–H groups in total. The van der Waals surface area contributed by atoms with Crippen molar-refractivity contribution < 1.29 is 29.0 Å². The number of Topliss-reactive ketones (excluding diaryl/α,β-unsaturated/α-hetero) is 1. The smallest absolute Gasteiger partial charge is 0.335 e. The number of carboxylic acid groups (broad SMARTS) is 1. The van der Waals surface area contributed by atoms with Crippen LogP contribution >= 0.6 is 0 Å². The normalized spacial score (nSPS) is 13.8. The summed E-state index contributed by atoms with van der Waals surface area (Å²) >= 11 is 0. The number of ether oxygens (including phenoxy) is 2. The number of ketones is 1. The molecule has 0 aliphatic rings. The molecular formula is C11H18O6. The van der Waals surface area contributed by atoms with Crippen molar-refractivity contribution in [3.05, 3.63) is 0 Å². The monoisotopic (exact) mass is 246 g/mol. The third-order valence-corrected chi connectivity index (χ3v) is 2.19. The van der Waals surface area contributed by atoms with Crippen LogP contribution in [-0.4, -0.2) is 42.1 Å². The number of methoxy groups -OCH3 is 1. The van der Waals surface area contributed by atoms with E-state index in [0.717, 1.165) is 0 Å². The van der Waals surface area contributed by atoms with Gasteiger partial charge in [0.05, 0.1) is 6.42 Å². The van der Waals surface area contributed by atoms with Gasteiger partial charge in [0.2, 0.25) is 0 Å². The molecule has 0 aromatic rings. The Balaban J connectivity index is 4.31. The van der Waals surface area contributed by atoms with E-state index in [9.17, 15) is 14.4 Å². The number of carbonyl (C=O) groups excluding carboxylic acids is 2. The molecule has 0 bridgehead atoms. The van der Waals surface area contributed by atoms with Crippen LogP contribution in [0.25, 0.3) is 0 Å². The van der Waals surface area contributed by atoms with Crippen LogP contribution in [0.3, 0.4) is 0 Å². The molecule has 0 aromatic heterocycles. The number of hydrogen-bond donors (Lipinski definition) is 1. The molecule has 0 amide bonds. The van der Waals surface area contributed by atoms with Crippen molar-refractivity contribution in [2.45, 2.75) is 45.3 Å². The van der Waals surface area contributed by atoms with Crippen molar-refractivity contribution in [1.82, 2.24) is 0 Å². The molecule has 6 heteroatoms. The molecule has 2 atom stereocenters. The first-order chi connectivity index (χ1) is 7.86. The number of carboxylic acids is 1. The van der Waals surface area contributed by atoms with Gasteiger partial charge in [0.1, 0.15) is 11.9 Å². The molecule has 2 unspecified atom stereocenters. The predicted octanol–water partition coefficient (Wildman–Crippen LogP) is 0.777. The lowest BCUT2D eigenvalue weighted by atomic mass is 10.1. The highest BCUT2D eigenvalue weighted by molar-refractivity contribution is 5.76. The van der Waals surface area contributed by atoms with Crippen LogP contribution < -0.4 is 0 Å². The molecule has 98 valence electrons. The summed E-state index contributed by atoms with van der Waals surface area (Å²) in [6.45, 7) is 2.91. The Bertz CT molecular complexity index is 286. The van der Waals surface area contributed by atoms with Crippen LogP contribution in [0.4, 0.5) is 0 Å². The van der Waals surface area contributed by atoms with Crippen molar-refractivity contribution in [2.24, 2.45) is 0 Å². The summed E-state index contributed by atoms with van der Waals surface area (Å²) in [6, 6.07) is 0. The van der Waals surface area contributed by atoms with Crippen molar-refractivity contribution in [3.63, 3.8) is 0 Å². The second kappa shape index (κ2) is 7.78. The maximum absolute atomic E-state index is 11.4. The molecule has 0 saturated carbocycles. The first-order valence-corrected chi connectivity index (χ1v) is 5.31. The average molecular weight is 246 g/mol. The summed E-state index contributed by atoms with van der Waals surface area (Å²) in [6.07, 6.45) is -1.45. The second-order valence-corrected chi connectivity index (χ2v) is 3.78. The van der Waals surface area contributed by atoms with Gasteiger partial charge in [-0.15, -0.1) is 0 Å². The van der Waals surface area contributed by atoms with E-state index in [1.54, 1.807) is 0 Å². The number of rotatable bonds is 8. The lowest BCUT2D eigenvalue weighted by Crippen LogP contribution is -2.29. The molecular weight excluding hydrogens is 228 g/mol. The fourth-order valence-corrected chi connectivity index (χ4v) is 1.12. The molecule has 0 saturated heterocycles. The summed E-state index contributed by atoms with van der Waals surface area (Å²) in [5.41, 5.74) is 0. The van der Waals surface area contributed by atoms with E-state index < -0.39 is 24.1 Å². The molecule has 0 fully saturated rings. The second-order valence-electron chi connectivity index (χ2n) is 3.78. The van der Waals surface area contributed by atoms with E-state index in [2.05, 4.69) is 0 Å². The quantitative estimate of drug-likeness (QED) is 0.636. The maximum Gasteiger partial charge on any atom is 0.335 e. The zero-order valence-corrected chi connectivity index (χ0v) is 10.3. The van der Waals surface area contributed by atoms with Gasteiger partial charge < -0.3 is 19.4 Å². The first kappa shape index (κ1) is 15.6. The minimum absolute atomic E-state index is 0.0729. The number of carbonyl (C=O) groups is 3. The molecule has 6 nitrogen and oxygen atoms in total. The van der Waals surface area contributed by atoms with Crippen LogP contribution in [0.15, 0.2) is 0 Å². The summed E-state index contributed by atoms with van der Waals surface area (Å²) in [5.74, 6) is -1.77. The van der Waals surface area contributed by atoms with E-state index in [1.807, 2.05) is 0 Å². The molecule has 0 spiro atoms. The minimum atomic E-state index is -1.07. The van der Waals surface area contributed by atoms with Gasteiger partial charge in [-0.25, -0.2) is 4.79 Å². The highest BCUT2D eigenvalue weighted by Gasteiger charge is 2.22. The summed E-state index contributed by atoms with van der Waals surface area (Å²) in [4.78, 5) is 32.8. The average Bonchev–Trinajstić information content (AvgIpc) is 2.23. The maximum atomic E-state index is 11.4. The molecule has 0 aliphatic carbocycles. The van der Waals surface area contributed by atoms with Crippen LogP contribution in [-0.2, 0) is 23.9 Å². The molecule has 17 heavy (non-hydrogen) atoms. The van der Waals surface area contributed by atoms with E-state index in [-0.39, 0.29) is 25.0 Å². The van der Waals surface area contributed by atoms with E-state index in [4.69, 9.17) is 14.6 Å². The standard InChI is InChI=1S/C11H18O6/c1-7(12)4-5-9(6-10(13)14)17-11(15)8(2)16-3/h8-9H,4-6H2,1-3H3,(H,13,14). The van der Waals surface area contributed by atoms with Gasteiger partial charge in [0.15, 0.2) is 6.10 Å². The van der Waals surface area contributed by atoms with Crippen molar-refractivity contribution in [1.29, 1.82) is 0 Å². The minimum Gasteiger partial charge on any atom is -0.481 e. The third kappa shape index (κ3) is 7.46. The van der Waals surface area contributed by atoms with Gasteiger partial charge in [-0.05, 0) is 20.3 Å². The molecule has 0 aromatic carbocycles. The molecule has 0 rings (SSSR count). The summed E-state index contributed by atoms with van der Waals surface area (Å²) in [5, 5.41) is 8.65. The van der Waals surface area contributed by atoms with Crippen molar-refractivity contribution >= 4 is 17.7 Å². The highest BCUT2D eigenvalue weighted by Crippen LogP contribution is 2.10. The van der Waals surface area contributed by atoms with Crippen LogP contribution in [0.5, 0.6) is 0 Å². The fourth-order valence-electron chi connectivity index (χ4n) is 1.12. The van der Waals surface area contributed by atoms with Gasteiger partial charge in [0.25, 0.3) is 0 Å². The Morgan fingerprint density at radius 3 is 2.29 bits per heavy atom. The lowest BCUT2D eigenvalue weighted by Gasteiger charge is -2.17. The van der Waals surface area contributed by atoms with Gasteiger partial charge in [-0.1, -0.05) is 0 Å². The summed E-state index contributed by atoms with van der Waals surface area (Å²) < 4.78 is 9.72. The summed E-state index contributed by atoms with van der Waals surface area (Å²) in [7, 11) is 1.35. The van der Waals surface area contributed by atoms with Crippen LogP contribution in [0, 0.1) is 0 Å². The first-order valence-electron chi connectivity index (χ1n) is 5.31.